The first-order valence-corrected chi connectivity index (χ1v) is 13.9. The molecule has 0 fully saturated rings. The summed E-state index contributed by atoms with van der Waals surface area (Å²) in [5.74, 6) is 10.5. The summed E-state index contributed by atoms with van der Waals surface area (Å²) in [7, 11) is 0. The number of anilines is 2. The summed E-state index contributed by atoms with van der Waals surface area (Å²) in [6.07, 6.45) is 10.5. The van der Waals surface area contributed by atoms with Crippen molar-refractivity contribution in [3.05, 3.63) is 83.9 Å². The van der Waals surface area contributed by atoms with E-state index in [0.29, 0.717) is 46.7 Å². The van der Waals surface area contributed by atoms with Crippen LogP contribution in [0.15, 0.2) is 67.1 Å². The van der Waals surface area contributed by atoms with Gasteiger partial charge in [-0.2, -0.15) is 0 Å². The highest BCUT2D eigenvalue weighted by molar-refractivity contribution is 5.94. The van der Waals surface area contributed by atoms with Gasteiger partial charge in [0.2, 0.25) is 11.8 Å². The standard InChI is InChI=1S/C29H41N11O2/c30-24(18-34-32)22-11-4-6-13-26(22)36-28(41)15-2-1-9-17-40-20-21(38-39-40)10-3-8-16-29(42)37-27-14-7-5-12-23(27)25(31)19-35-33/h4-7,11-14,18-20,34-35H,1-3,8-10,15-17,30-33H2,(H,36,41)(H,37,42)/b24-18-,25-19-. The van der Waals surface area contributed by atoms with E-state index in [4.69, 9.17) is 23.2 Å². The molecule has 0 spiro atoms. The van der Waals surface area contributed by atoms with Crippen LogP contribution in [-0.4, -0.2) is 26.8 Å². The summed E-state index contributed by atoms with van der Waals surface area (Å²) in [4.78, 5) is 24.9. The average Bonchev–Trinajstić information content (AvgIpc) is 3.43. The van der Waals surface area contributed by atoms with Crippen molar-refractivity contribution >= 4 is 34.6 Å². The molecule has 0 radical (unpaired) electrons. The molecule has 13 heteroatoms. The quantitative estimate of drug-likeness (QED) is 0.0667. The smallest absolute Gasteiger partial charge is 0.224 e. The Labute approximate surface area is 245 Å². The minimum absolute atomic E-state index is 0.0678. The Morgan fingerprint density at radius 2 is 1.26 bits per heavy atom. The summed E-state index contributed by atoms with van der Waals surface area (Å²) in [5, 5.41) is 14.3. The molecule has 0 aliphatic carbocycles. The van der Waals surface area contributed by atoms with Crippen LogP contribution in [0.4, 0.5) is 11.4 Å². The van der Waals surface area contributed by atoms with E-state index in [1.807, 2.05) is 47.3 Å². The van der Waals surface area contributed by atoms with Crippen LogP contribution in [0.3, 0.4) is 0 Å². The SMILES string of the molecule is NN/C=C(\N)c1ccccc1NC(=O)CCCCCn1cc(CCCCC(=O)Nc2ccccc2/C(N)=C/NN)nn1. The number of carbonyl (C=O) groups excluding carboxylic acids is 2. The second-order valence-electron chi connectivity index (χ2n) is 9.71. The Morgan fingerprint density at radius 1 is 0.738 bits per heavy atom. The van der Waals surface area contributed by atoms with Gasteiger partial charge in [-0.25, -0.2) is 0 Å². The van der Waals surface area contributed by atoms with Gasteiger partial charge in [0.15, 0.2) is 0 Å². The Balaban J connectivity index is 1.31. The molecule has 2 amide bonds. The molecule has 0 unspecified atom stereocenters. The zero-order valence-electron chi connectivity index (χ0n) is 23.7. The molecular formula is C29H41N11O2. The van der Waals surface area contributed by atoms with Crippen molar-refractivity contribution in [1.82, 2.24) is 25.8 Å². The number of hydrogen-bond acceptors (Lipinski definition) is 10. The first-order chi connectivity index (χ1) is 20.4. The fourth-order valence-corrected chi connectivity index (χ4v) is 4.34. The van der Waals surface area contributed by atoms with Gasteiger partial charge in [-0.15, -0.1) is 5.10 Å². The lowest BCUT2D eigenvalue weighted by atomic mass is 10.1. The maximum absolute atomic E-state index is 12.4. The Hall–Kier alpha value is -4.88. The fraction of sp³-hybridized carbons (Fsp3) is 0.310. The van der Waals surface area contributed by atoms with E-state index in [-0.39, 0.29) is 11.8 Å². The Bertz CT molecular complexity index is 1370. The molecule has 12 N–H and O–H groups in total. The molecule has 0 saturated carbocycles. The van der Waals surface area contributed by atoms with Gasteiger partial charge in [-0.3, -0.25) is 26.0 Å². The van der Waals surface area contributed by atoms with E-state index in [1.54, 1.807) is 12.1 Å². The third kappa shape index (κ3) is 10.3. The van der Waals surface area contributed by atoms with Crippen molar-refractivity contribution in [2.45, 2.75) is 57.9 Å². The monoisotopic (exact) mass is 575 g/mol. The van der Waals surface area contributed by atoms with Crippen molar-refractivity contribution in [2.24, 2.45) is 23.2 Å². The molecule has 2 aromatic carbocycles. The van der Waals surface area contributed by atoms with Crippen LogP contribution in [0.1, 0.15) is 61.8 Å². The minimum Gasteiger partial charge on any atom is -0.397 e. The highest BCUT2D eigenvalue weighted by Crippen LogP contribution is 2.21. The number of para-hydroxylation sites is 2. The minimum atomic E-state index is -0.0811. The summed E-state index contributed by atoms with van der Waals surface area (Å²) < 4.78 is 1.82. The summed E-state index contributed by atoms with van der Waals surface area (Å²) >= 11 is 0. The molecule has 224 valence electrons. The normalized spacial score (nSPS) is 11.7. The van der Waals surface area contributed by atoms with E-state index in [0.717, 1.165) is 50.8 Å². The Kier molecular flexibility index (Phi) is 12.8. The number of amides is 2. The number of benzene rings is 2. The van der Waals surface area contributed by atoms with E-state index in [2.05, 4.69) is 31.8 Å². The van der Waals surface area contributed by atoms with Crippen LogP contribution in [0.25, 0.3) is 11.4 Å². The topological polar surface area (TPSA) is 217 Å². The lowest BCUT2D eigenvalue weighted by molar-refractivity contribution is -0.117. The number of rotatable bonds is 17. The van der Waals surface area contributed by atoms with Crippen molar-refractivity contribution in [2.75, 3.05) is 10.6 Å². The molecule has 0 bridgehead atoms. The zero-order valence-corrected chi connectivity index (χ0v) is 23.7. The third-order valence-electron chi connectivity index (χ3n) is 6.47. The van der Waals surface area contributed by atoms with Gasteiger partial charge < -0.3 is 33.0 Å². The van der Waals surface area contributed by atoms with E-state index < -0.39 is 0 Å². The van der Waals surface area contributed by atoms with Gasteiger partial charge in [0.25, 0.3) is 0 Å². The predicted octanol–water partition coefficient (Wildman–Crippen LogP) is 2.27. The number of nitrogens with two attached hydrogens (primary N) is 4. The van der Waals surface area contributed by atoms with E-state index >= 15 is 0 Å². The average molecular weight is 576 g/mol. The maximum Gasteiger partial charge on any atom is 0.224 e. The van der Waals surface area contributed by atoms with Gasteiger partial charge in [-0.1, -0.05) is 48.0 Å². The molecule has 3 aromatic rings. The summed E-state index contributed by atoms with van der Waals surface area (Å²) in [5.41, 5.74) is 21.3. The Morgan fingerprint density at radius 3 is 1.81 bits per heavy atom. The van der Waals surface area contributed by atoms with Gasteiger partial charge in [0.1, 0.15) is 0 Å². The fourth-order valence-electron chi connectivity index (χ4n) is 4.34. The number of hydrogen-bond donors (Lipinski definition) is 8. The first kappa shape index (κ1) is 31.6. The first-order valence-electron chi connectivity index (χ1n) is 13.9. The molecule has 0 aliphatic rings. The zero-order chi connectivity index (χ0) is 30.2. The molecule has 42 heavy (non-hydrogen) atoms. The molecule has 3 rings (SSSR count). The van der Waals surface area contributed by atoms with Gasteiger partial charge in [0, 0.05) is 49.1 Å². The van der Waals surface area contributed by atoms with Gasteiger partial charge in [0.05, 0.1) is 28.5 Å². The summed E-state index contributed by atoms with van der Waals surface area (Å²) in [6, 6.07) is 14.6. The highest BCUT2D eigenvalue weighted by atomic mass is 16.2. The number of unbranched alkanes of at least 4 members (excludes halogenated alkanes) is 3. The molecular weight excluding hydrogens is 534 g/mol. The number of nitrogens with one attached hydrogen (secondary N) is 4. The van der Waals surface area contributed by atoms with Crippen LogP contribution in [0.2, 0.25) is 0 Å². The van der Waals surface area contributed by atoms with Crippen molar-refractivity contribution in [3.8, 4) is 0 Å². The number of aryl methyl sites for hydroxylation is 2. The summed E-state index contributed by atoms with van der Waals surface area (Å²) in [6.45, 7) is 0.726. The van der Waals surface area contributed by atoms with Crippen molar-refractivity contribution < 1.29 is 9.59 Å². The molecule has 0 aliphatic heterocycles. The van der Waals surface area contributed by atoms with Crippen LogP contribution in [-0.2, 0) is 22.6 Å². The van der Waals surface area contributed by atoms with Gasteiger partial charge in [-0.05, 0) is 44.2 Å². The van der Waals surface area contributed by atoms with E-state index in [1.165, 1.54) is 12.4 Å². The van der Waals surface area contributed by atoms with Crippen LogP contribution in [0, 0.1) is 0 Å². The number of nitrogens with zero attached hydrogens (tertiary/aromatic N) is 3. The largest absolute Gasteiger partial charge is 0.397 e. The van der Waals surface area contributed by atoms with Crippen LogP contribution < -0.4 is 44.6 Å². The maximum atomic E-state index is 12.4. The highest BCUT2D eigenvalue weighted by Gasteiger charge is 2.10. The second-order valence-corrected chi connectivity index (χ2v) is 9.71. The third-order valence-corrected chi connectivity index (χ3v) is 6.47. The number of aromatic nitrogens is 3. The number of carbonyl (C=O) groups is 2. The molecule has 0 atom stereocenters. The van der Waals surface area contributed by atoms with Crippen LogP contribution >= 0.6 is 0 Å². The molecule has 1 aromatic heterocycles. The lowest BCUT2D eigenvalue weighted by Gasteiger charge is -2.11. The predicted molar refractivity (Wildman–Crippen MR) is 165 cm³/mol. The van der Waals surface area contributed by atoms with Crippen LogP contribution in [0.5, 0.6) is 0 Å². The molecule has 13 nitrogen and oxygen atoms in total. The number of hydrazine groups is 2. The van der Waals surface area contributed by atoms with Crippen molar-refractivity contribution in [3.63, 3.8) is 0 Å². The van der Waals surface area contributed by atoms with Crippen molar-refractivity contribution in [1.29, 1.82) is 0 Å². The molecule has 1 heterocycles. The van der Waals surface area contributed by atoms with Gasteiger partial charge >= 0.3 is 0 Å². The second kappa shape index (κ2) is 17.0. The molecule has 0 saturated heterocycles. The van der Waals surface area contributed by atoms with E-state index in [9.17, 15) is 9.59 Å². The lowest BCUT2D eigenvalue weighted by Crippen LogP contribution is -2.17.